The molecule has 0 radical (unpaired) electrons. The minimum absolute atomic E-state index is 0.0345. The van der Waals surface area contributed by atoms with Gasteiger partial charge in [-0.2, -0.15) is 0 Å². The molecule has 4 atom stereocenters. The maximum atomic E-state index is 11.8. The number of halogens is 1. The number of aliphatic hydroxyl groups is 2. The van der Waals surface area contributed by atoms with Crippen molar-refractivity contribution < 1.29 is 14.9 Å². The summed E-state index contributed by atoms with van der Waals surface area (Å²) in [5.41, 5.74) is -2.32. The molecule has 7 nitrogen and oxygen atoms in total. The lowest BCUT2D eigenvalue weighted by Crippen LogP contribution is -2.47. The Balaban J connectivity index is 1.99. The maximum absolute atomic E-state index is 11.8. The molecule has 0 unspecified atom stereocenters. The van der Waals surface area contributed by atoms with Gasteiger partial charge in [-0.15, -0.1) is 11.6 Å². The van der Waals surface area contributed by atoms with Gasteiger partial charge < -0.3 is 14.9 Å². The quantitative estimate of drug-likeness (QED) is 0.633. The zero-order valence-corrected chi connectivity index (χ0v) is 11.3. The summed E-state index contributed by atoms with van der Waals surface area (Å²) >= 11 is 6.17. The molecule has 3 rings (SSSR count). The smallest absolute Gasteiger partial charge is 0.330 e. The van der Waals surface area contributed by atoms with Crippen LogP contribution in [0.4, 0.5) is 0 Å². The van der Waals surface area contributed by atoms with Crippen LogP contribution in [0.3, 0.4) is 0 Å². The maximum Gasteiger partial charge on any atom is 0.330 e. The van der Waals surface area contributed by atoms with Gasteiger partial charge in [0.2, 0.25) is 0 Å². The molecule has 2 fully saturated rings. The number of nitrogens with zero attached hydrogens (tertiary/aromatic N) is 1. The predicted molar refractivity (Wildman–Crippen MR) is 69.6 cm³/mol. The van der Waals surface area contributed by atoms with Gasteiger partial charge in [-0.1, -0.05) is 0 Å². The Morgan fingerprint density at radius 1 is 1.50 bits per heavy atom. The highest BCUT2D eigenvalue weighted by atomic mass is 35.5. The molecule has 1 aromatic rings. The minimum Gasteiger partial charge on any atom is -0.393 e. The second-order valence-corrected chi connectivity index (χ2v) is 5.81. The first-order valence-corrected chi connectivity index (χ1v) is 6.85. The van der Waals surface area contributed by atoms with Gasteiger partial charge in [0.1, 0.15) is 17.1 Å². The number of H-pyrrole nitrogens is 1. The Hall–Kier alpha value is -1.15. The van der Waals surface area contributed by atoms with E-state index in [9.17, 15) is 19.8 Å². The third-order valence-electron chi connectivity index (χ3n) is 4.06. The van der Waals surface area contributed by atoms with Crippen LogP contribution in [0.1, 0.15) is 19.1 Å². The van der Waals surface area contributed by atoms with Gasteiger partial charge in [0.05, 0.1) is 6.61 Å². The van der Waals surface area contributed by atoms with E-state index in [1.807, 2.05) is 0 Å². The first-order valence-electron chi connectivity index (χ1n) is 6.42. The van der Waals surface area contributed by atoms with Crippen LogP contribution >= 0.6 is 11.6 Å². The number of aliphatic hydroxyl groups excluding tert-OH is 2. The molecule has 0 aromatic carbocycles. The van der Waals surface area contributed by atoms with Crippen LogP contribution in [0.15, 0.2) is 21.9 Å². The van der Waals surface area contributed by atoms with Crippen LogP contribution in [0.5, 0.6) is 0 Å². The van der Waals surface area contributed by atoms with Gasteiger partial charge in [-0.25, -0.2) is 4.79 Å². The van der Waals surface area contributed by atoms with Crippen molar-refractivity contribution in [3.8, 4) is 0 Å². The van der Waals surface area contributed by atoms with Gasteiger partial charge >= 0.3 is 5.69 Å². The highest BCUT2D eigenvalue weighted by molar-refractivity contribution is 6.21. The van der Waals surface area contributed by atoms with Gasteiger partial charge in [0, 0.05) is 12.3 Å². The summed E-state index contributed by atoms with van der Waals surface area (Å²) in [6, 6.07) is 1.18. The fourth-order valence-electron chi connectivity index (χ4n) is 2.79. The number of nitrogens with one attached hydrogen (secondary N) is 1. The van der Waals surface area contributed by atoms with E-state index in [1.165, 1.54) is 12.3 Å². The number of aromatic amines is 1. The number of alkyl halides is 1. The molecule has 0 amide bonds. The Labute approximate surface area is 118 Å². The fourth-order valence-corrected chi connectivity index (χ4v) is 3.18. The Morgan fingerprint density at radius 2 is 2.20 bits per heavy atom. The van der Waals surface area contributed by atoms with E-state index in [0.717, 1.165) is 17.4 Å². The van der Waals surface area contributed by atoms with Crippen LogP contribution in [0.2, 0.25) is 0 Å². The monoisotopic (exact) mass is 302 g/mol. The van der Waals surface area contributed by atoms with E-state index in [4.69, 9.17) is 16.3 Å². The lowest BCUT2D eigenvalue weighted by atomic mass is 9.92. The van der Waals surface area contributed by atoms with Gasteiger partial charge in [-0.3, -0.25) is 14.3 Å². The Bertz CT molecular complexity index is 625. The molecule has 2 heterocycles. The highest BCUT2D eigenvalue weighted by Gasteiger charge is 2.61. The lowest BCUT2D eigenvalue weighted by Gasteiger charge is -2.30. The van der Waals surface area contributed by atoms with E-state index < -0.39 is 34.6 Å². The van der Waals surface area contributed by atoms with Crippen LogP contribution < -0.4 is 11.2 Å². The summed E-state index contributed by atoms with van der Waals surface area (Å²) < 4.78 is 6.89. The van der Waals surface area contributed by atoms with Crippen LogP contribution in [0, 0.1) is 5.92 Å². The third kappa shape index (κ3) is 1.93. The molecule has 1 aliphatic heterocycles. The van der Waals surface area contributed by atoms with E-state index in [-0.39, 0.29) is 12.5 Å². The van der Waals surface area contributed by atoms with Crippen LogP contribution in [0.25, 0.3) is 0 Å². The number of rotatable bonds is 3. The molecule has 20 heavy (non-hydrogen) atoms. The van der Waals surface area contributed by atoms with Crippen molar-refractivity contribution in [3.63, 3.8) is 0 Å². The molecule has 0 spiro atoms. The average Bonchev–Trinajstić information content (AvgIpc) is 3.22. The molecular formula is C12H15ClN2O5. The molecule has 2 aliphatic rings. The lowest BCUT2D eigenvalue weighted by molar-refractivity contribution is -0.141. The van der Waals surface area contributed by atoms with Crippen molar-refractivity contribution in [3.05, 3.63) is 33.1 Å². The third-order valence-corrected chi connectivity index (χ3v) is 4.51. The first kappa shape index (κ1) is 13.8. The standard InChI is InChI=1S/C12H15ClN2O5/c13-8-9(18)12(5-16,6-1-2-6)20-10(8)15-4-3-7(17)14-11(15)19/h3-4,6,8-10,16,18H,1-2,5H2,(H,14,17,19)/t8-,9+,10-,12+/m1/s1. The summed E-state index contributed by atoms with van der Waals surface area (Å²) in [4.78, 5) is 25.0. The fraction of sp³-hybridized carbons (Fsp3) is 0.667. The normalized spacial score (nSPS) is 37.2. The van der Waals surface area contributed by atoms with Gasteiger partial charge in [0.15, 0.2) is 6.23 Å². The molecule has 110 valence electrons. The Kier molecular flexibility index (Phi) is 3.24. The van der Waals surface area contributed by atoms with Crippen molar-refractivity contribution in [1.82, 2.24) is 9.55 Å². The predicted octanol–water partition coefficient (Wildman–Crippen LogP) is -0.825. The van der Waals surface area contributed by atoms with E-state index in [0.29, 0.717) is 0 Å². The second kappa shape index (κ2) is 4.70. The van der Waals surface area contributed by atoms with Gasteiger partial charge in [0.25, 0.3) is 5.56 Å². The van der Waals surface area contributed by atoms with E-state index >= 15 is 0 Å². The van der Waals surface area contributed by atoms with Crippen LogP contribution in [-0.2, 0) is 4.74 Å². The molecule has 1 aliphatic carbocycles. The zero-order chi connectivity index (χ0) is 14.5. The zero-order valence-electron chi connectivity index (χ0n) is 10.5. The minimum atomic E-state index is -1.13. The van der Waals surface area contributed by atoms with E-state index in [1.54, 1.807) is 0 Å². The number of hydrogen-bond donors (Lipinski definition) is 3. The van der Waals surface area contributed by atoms with E-state index in [2.05, 4.69) is 4.98 Å². The number of ether oxygens (including phenoxy) is 1. The summed E-state index contributed by atoms with van der Waals surface area (Å²) in [6.07, 6.45) is 0.950. The van der Waals surface area contributed by atoms with Gasteiger partial charge in [-0.05, 0) is 18.8 Å². The summed E-state index contributed by atoms with van der Waals surface area (Å²) in [7, 11) is 0. The van der Waals surface area contributed by atoms with Crippen molar-refractivity contribution in [2.45, 2.75) is 36.2 Å². The molecule has 0 bridgehead atoms. The van der Waals surface area contributed by atoms with Crippen molar-refractivity contribution in [1.29, 1.82) is 0 Å². The largest absolute Gasteiger partial charge is 0.393 e. The van der Waals surface area contributed by atoms with Crippen molar-refractivity contribution in [2.75, 3.05) is 6.61 Å². The molecule has 3 N–H and O–H groups in total. The topological polar surface area (TPSA) is 105 Å². The molecule has 1 aromatic heterocycles. The SMILES string of the molecule is O=c1ccn([C@@H]2O[C@@](CO)(C3CC3)[C@@H](O)[C@H]2Cl)c(=O)[nH]1. The molecule has 1 saturated carbocycles. The summed E-state index contributed by atoms with van der Waals surface area (Å²) in [5.74, 6) is 0.0345. The second-order valence-electron chi connectivity index (χ2n) is 5.30. The van der Waals surface area contributed by atoms with Crippen molar-refractivity contribution in [2.24, 2.45) is 5.92 Å². The molecular weight excluding hydrogens is 288 g/mol. The Morgan fingerprint density at radius 3 is 2.75 bits per heavy atom. The first-order chi connectivity index (χ1) is 9.49. The average molecular weight is 303 g/mol. The summed E-state index contributed by atoms with van der Waals surface area (Å²) in [5, 5.41) is 19.0. The molecule has 8 heteroatoms. The molecule has 1 saturated heterocycles. The highest BCUT2D eigenvalue weighted by Crippen LogP contribution is 2.52. The van der Waals surface area contributed by atoms with Crippen LogP contribution in [-0.4, -0.2) is 43.5 Å². The number of aromatic nitrogens is 2. The summed E-state index contributed by atoms with van der Waals surface area (Å²) in [6.45, 7) is -0.364. The van der Waals surface area contributed by atoms with Crippen molar-refractivity contribution >= 4 is 11.6 Å². The number of hydrogen-bond acceptors (Lipinski definition) is 5.